The minimum absolute atomic E-state index is 0.0295. The Morgan fingerprint density at radius 1 is 0.943 bits per heavy atom. The van der Waals surface area contributed by atoms with Crippen LogP contribution in [0.25, 0.3) is 0 Å². The molecule has 0 fully saturated rings. The van der Waals surface area contributed by atoms with Gasteiger partial charge in [-0.1, -0.05) is 57.0 Å². The lowest BCUT2D eigenvalue weighted by Crippen LogP contribution is -2.60. The van der Waals surface area contributed by atoms with Gasteiger partial charge in [-0.3, -0.25) is 9.59 Å². The van der Waals surface area contributed by atoms with Crippen LogP contribution in [0.15, 0.2) is 24.3 Å². The fourth-order valence-corrected chi connectivity index (χ4v) is 3.94. The zero-order valence-electron chi connectivity index (χ0n) is 23.6. The smallest absolute Gasteiger partial charge is 0.408 e. The third-order valence-electron chi connectivity index (χ3n) is 5.58. The number of benzene rings is 1. The van der Waals surface area contributed by atoms with Gasteiger partial charge in [-0.25, -0.2) is 4.79 Å². The number of carbonyl (C=O) groups is 3. The van der Waals surface area contributed by atoms with Crippen molar-refractivity contribution in [2.24, 2.45) is 5.92 Å². The molecule has 2 N–H and O–H groups in total. The van der Waals surface area contributed by atoms with Crippen LogP contribution in [0.1, 0.15) is 99.2 Å². The number of nitrogens with zero attached hydrogens (tertiary/aromatic N) is 1. The van der Waals surface area contributed by atoms with E-state index in [1.165, 1.54) is 0 Å². The summed E-state index contributed by atoms with van der Waals surface area (Å²) in [7, 11) is 0. The van der Waals surface area contributed by atoms with E-state index in [2.05, 4.69) is 17.6 Å². The maximum atomic E-state index is 14.1. The monoisotopic (exact) mass is 489 g/mol. The fourth-order valence-electron chi connectivity index (χ4n) is 3.94. The first kappa shape index (κ1) is 30.5. The predicted octanol–water partition coefficient (Wildman–Crippen LogP) is 5.52. The summed E-state index contributed by atoms with van der Waals surface area (Å²) in [6, 6.07) is 5.91. The van der Waals surface area contributed by atoms with Gasteiger partial charge >= 0.3 is 6.09 Å². The van der Waals surface area contributed by atoms with Gasteiger partial charge in [0.15, 0.2) is 0 Å². The van der Waals surface area contributed by atoms with Gasteiger partial charge in [0.2, 0.25) is 11.8 Å². The van der Waals surface area contributed by atoms with Gasteiger partial charge in [-0.15, -0.1) is 0 Å². The van der Waals surface area contributed by atoms with E-state index >= 15 is 0 Å². The quantitative estimate of drug-likeness (QED) is 0.478. The molecule has 0 aliphatic rings. The molecule has 0 aromatic heterocycles. The number of carbonyl (C=O) groups excluding carboxylic acids is 3. The number of amides is 3. The Hall–Kier alpha value is -2.57. The topological polar surface area (TPSA) is 87.7 Å². The first-order valence-corrected chi connectivity index (χ1v) is 12.7. The molecule has 0 heterocycles. The van der Waals surface area contributed by atoms with Crippen LogP contribution in [0, 0.1) is 12.8 Å². The minimum atomic E-state index is -0.863. The molecule has 1 rings (SSSR count). The van der Waals surface area contributed by atoms with Crippen molar-refractivity contribution in [1.82, 2.24) is 15.5 Å². The van der Waals surface area contributed by atoms with Crippen LogP contribution in [0.3, 0.4) is 0 Å². The molecule has 7 heteroatoms. The normalized spacial score (nSPS) is 14.6. The van der Waals surface area contributed by atoms with Gasteiger partial charge in [0, 0.05) is 11.6 Å². The zero-order chi connectivity index (χ0) is 27.1. The van der Waals surface area contributed by atoms with Crippen molar-refractivity contribution in [3.05, 3.63) is 35.4 Å². The van der Waals surface area contributed by atoms with Gasteiger partial charge in [-0.05, 0) is 73.3 Å². The second-order valence-corrected chi connectivity index (χ2v) is 11.8. The van der Waals surface area contributed by atoms with E-state index in [0.29, 0.717) is 0 Å². The molecule has 1 aromatic rings. The van der Waals surface area contributed by atoms with E-state index in [0.717, 1.165) is 24.0 Å². The highest BCUT2D eigenvalue weighted by Gasteiger charge is 2.42. The molecule has 3 atom stereocenters. The average molecular weight is 490 g/mol. The molecular weight excluding hydrogens is 442 g/mol. The molecule has 1 aromatic carbocycles. The predicted molar refractivity (Wildman–Crippen MR) is 141 cm³/mol. The first-order chi connectivity index (χ1) is 16.0. The Morgan fingerprint density at radius 2 is 1.49 bits per heavy atom. The number of aryl methyl sites for hydroxylation is 1. The average Bonchev–Trinajstić information content (AvgIpc) is 2.68. The summed E-state index contributed by atoms with van der Waals surface area (Å²) in [5.41, 5.74) is 0.381. The van der Waals surface area contributed by atoms with Crippen LogP contribution in [-0.2, 0) is 14.3 Å². The zero-order valence-corrected chi connectivity index (χ0v) is 23.6. The number of alkyl carbamates (subject to hydrolysis) is 1. The van der Waals surface area contributed by atoms with Crippen molar-refractivity contribution < 1.29 is 19.1 Å². The summed E-state index contributed by atoms with van der Waals surface area (Å²) in [5, 5.41) is 5.85. The summed E-state index contributed by atoms with van der Waals surface area (Å²) in [4.78, 5) is 42.0. The van der Waals surface area contributed by atoms with Crippen molar-refractivity contribution in [3.63, 3.8) is 0 Å². The van der Waals surface area contributed by atoms with Crippen LogP contribution in [0.5, 0.6) is 0 Å². The number of ether oxygens (including phenoxy) is 1. The van der Waals surface area contributed by atoms with Crippen molar-refractivity contribution >= 4 is 17.9 Å². The maximum absolute atomic E-state index is 14.1. The van der Waals surface area contributed by atoms with E-state index in [-0.39, 0.29) is 23.8 Å². The Balaban J connectivity index is 3.52. The molecule has 35 heavy (non-hydrogen) atoms. The van der Waals surface area contributed by atoms with E-state index < -0.39 is 29.3 Å². The third kappa shape index (κ3) is 9.54. The molecule has 7 nitrogen and oxygen atoms in total. The largest absolute Gasteiger partial charge is 0.444 e. The highest BCUT2D eigenvalue weighted by Crippen LogP contribution is 2.31. The minimum Gasteiger partial charge on any atom is -0.444 e. The van der Waals surface area contributed by atoms with Crippen molar-refractivity contribution in [2.75, 3.05) is 0 Å². The molecule has 0 bridgehead atoms. The highest BCUT2D eigenvalue weighted by atomic mass is 16.6. The number of nitrogens with one attached hydrogen (secondary N) is 2. The summed E-state index contributed by atoms with van der Waals surface area (Å²) in [5.74, 6) is -0.791. The van der Waals surface area contributed by atoms with E-state index in [1.807, 2.05) is 72.7 Å². The van der Waals surface area contributed by atoms with Crippen molar-refractivity contribution in [3.8, 4) is 0 Å². The Morgan fingerprint density at radius 3 is 1.91 bits per heavy atom. The molecule has 0 aliphatic carbocycles. The lowest BCUT2D eigenvalue weighted by molar-refractivity contribution is -0.149. The van der Waals surface area contributed by atoms with E-state index in [9.17, 15) is 14.4 Å². The second-order valence-electron chi connectivity index (χ2n) is 11.8. The lowest BCUT2D eigenvalue weighted by Gasteiger charge is -2.44. The molecule has 198 valence electrons. The second kappa shape index (κ2) is 12.4. The standard InChI is InChI=1S/C28H47N3O4/c1-12-13-20(5)29-24(32)23(21-16-14-19(4)15-17-21)31(27(6,7)8)25(33)22(18(2)3)30-26(34)35-28(9,10)11/h14-18,20,22-23H,12-13H2,1-11H3,(H,29,32)(H,30,34). The summed E-state index contributed by atoms with van der Waals surface area (Å²) in [6.45, 7) is 20.8. The molecule has 0 radical (unpaired) electrons. The van der Waals surface area contributed by atoms with Crippen LogP contribution in [0.2, 0.25) is 0 Å². The van der Waals surface area contributed by atoms with Crippen LogP contribution in [-0.4, -0.2) is 46.0 Å². The molecule has 0 saturated carbocycles. The SMILES string of the molecule is CCCC(C)NC(=O)C(c1ccc(C)cc1)N(C(=O)C(NC(=O)OC(C)(C)C)C(C)C)C(C)(C)C. The summed E-state index contributed by atoms with van der Waals surface area (Å²) >= 11 is 0. The van der Waals surface area contributed by atoms with Crippen LogP contribution >= 0.6 is 0 Å². The van der Waals surface area contributed by atoms with Crippen molar-refractivity contribution in [2.45, 2.75) is 118 Å². The fraction of sp³-hybridized carbons (Fsp3) is 0.679. The number of hydrogen-bond donors (Lipinski definition) is 2. The maximum Gasteiger partial charge on any atom is 0.408 e. The molecule has 3 amide bonds. The summed E-state index contributed by atoms with van der Waals surface area (Å²) < 4.78 is 5.42. The summed E-state index contributed by atoms with van der Waals surface area (Å²) in [6.07, 6.45) is 1.12. The van der Waals surface area contributed by atoms with E-state index in [1.54, 1.807) is 25.7 Å². The highest BCUT2D eigenvalue weighted by molar-refractivity contribution is 5.92. The Bertz CT molecular complexity index is 850. The van der Waals surface area contributed by atoms with Crippen LogP contribution < -0.4 is 10.6 Å². The molecule has 3 unspecified atom stereocenters. The van der Waals surface area contributed by atoms with Crippen molar-refractivity contribution in [1.29, 1.82) is 0 Å². The molecule has 0 saturated heterocycles. The van der Waals surface area contributed by atoms with Gasteiger partial charge in [0.25, 0.3) is 0 Å². The first-order valence-electron chi connectivity index (χ1n) is 12.7. The van der Waals surface area contributed by atoms with Crippen LogP contribution in [0.4, 0.5) is 4.79 Å². The van der Waals surface area contributed by atoms with Gasteiger partial charge in [-0.2, -0.15) is 0 Å². The molecular formula is C28H47N3O4. The number of hydrogen-bond acceptors (Lipinski definition) is 4. The molecule has 0 aliphatic heterocycles. The van der Waals surface area contributed by atoms with Gasteiger partial charge in [0.05, 0.1) is 0 Å². The Labute approximate surface area is 212 Å². The van der Waals surface area contributed by atoms with Gasteiger partial charge < -0.3 is 20.3 Å². The van der Waals surface area contributed by atoms with Gasteiger partial charge in [0.1, 0.15) is 17.7 Å². The molecule has 0 spiro atoms. The third-order valence-corrected chi connectivity index (χ3v) is 5.58. The van der Waals surface area contributed by atoms with E-state index in [4.69, 9.17) is 4.74 Å². The Kier molecular flexibility index (Phi) is 10.8. The number of rotatable bonds is 9. The lowest BCUT2D eigenvalue weighted by atomic mass is 9.92.